The Bertz CT molecular complexity index is 503. The van der Waals surface area contributed by atoms with E-state index in [2.05, 4.69) is 31.5 Å². The average molecular weight is 390 g/mol. The molecule has 0 saturated carbocycles. The lowest BCUT2D eigenvalue weighted by Crippen LogP contribution is -2.40. The van der Waals surface area contributed by atoms with Crippen molar-refractivity contribution in [3.63, 3.8) is 0 Å². The SMILES string of the molecule is O=C(CNC(=O)c1ccc(Br)s1)NCCCN1CCOCC1. The van der Waals surface area contributed by atoms with Crippen LogP contribution < -0.4 is 10.6 Å². The molecule has 1 aliphatic rings. The Balaban J connectivity index is 1.55. The minimum absolute atomic E-state index is 0.00586. The lowest BCUT2D eigenvalue weighted by molar-refractivity contribution is -0.120. The number of ether oxygens (including phenoxy) is 1. The van der Waals surface area contributed by atoms with Crippen molar-refractivity contribution in [3.05, 3.63) is 20.8 Å². The van der Waals surface area contributed by atoms with E-state index < -0.39 is 0 Å². The van der Waals surface area contributed by atoms with Crippen LogP contribution in [0, 0.1) is 0 Å². The number of rotatable bonds is 7. The molecule has 0 aliphatic carbocycles. The fraction of sp³-hybridized carbons (Fsp3) is 0.571. The quantitative estimate of drug-likeness (QED) is 0.684. The van der Waals surface area contributed by atoms with Crippen molar-refractivity contribution in [2.75, 3.05) is 45.9 Å². The summed E-state index contributed by atoms with van der Waals surface area (Å²) in [6.45, 7) is 5.08. The van der Waals surface area contributed by atoms with Gasteiger partial charge in [0.25, 0.3) is 5.91 Å². The van der Waals surface area contributed by atoms with E-state index in [0.29, 0.717) is 11.4 Å². The third-order valence-electron chi connectivity index (χ3n) is 3.28. The van der Waals surface area contributed by atoms with Gasteiger partial charge in [-0.15, -0.1) is 11.3 Å². The van der Waals surface area contributed by atoms with Crippen LogP contribution in [0.3, 0.4) is 0 Å². The van der Waals surface area contributed by atoms with Gasteiger partial charge in [-0.2, -0.15) is 0 Å². The second-order valence-electron chi connectivity index (χ2n) is 4.94. The van der Waals surface area contributed by atoms with E-state index >= 15 is 0 Å². The van der Waals surface area contributed by atoms with Crippen LogP contribution >= 0.6 is 27.3 Å². The highest BCUT2D eigenvalue weighted by Crippen LogP contribution is 2.21. The number of morpholine rings is 1. The van der Waals surface area contributed by atoms with Crippen molar-refractivity contribution in [2.24, 2.45) is 0 Å². The molecule has 0 bridgehead atoms. The number of hydrogen-bond donors (Lipinski definition) is 2. The van der Waals surface area contributed by atoms with Crippen LogP contribution in [0.25, 0.3) is 0 Å². The van der Waals surface area contributed by atoms with Crippen LogP contribution in [0.2, 0.25) is 0 Å². The third kappa shape index (κ3) is 6.04. The van der Waals surface area contributed by atoms with Crippen molar-refractivity contribution < 1.29 is 14.3 Å². The molecule has 0 unspecified atom stereocenters. The minimum Gasteiger partial charge on any atom is -0.379 e. The number of nitrogens with zero attached hydrogens (tertiary/aromatic N) is 1. The standard InChI is InChI=1S/C14H20BrN3O3S/c15-12-3-2-11(22-12)14(20)17-10-13(19)16-4-1-5-18-6-8-21-9-7-18/h2-3H,1,4-10H2,(H,16,19)(H,17,20). The Morgan fingerprint density at radius 3 is 2.73 bits per heavy atom. The molecule has 22 heavy (non-hydrogen) atoms. The van der Waals surface area contributed by atoms with Crippen molar-refractivity contribution in [1.29, 1.82) is 0 Å². The predicted octanol–water partition coefficient (Wildman–Crippen LogP) is 1.08. The molecule has 2 N–H and O–H groups in total. The van der Waals surface area contributed by atoms with Crippen molar-refractivity contribution in [2.45, 2.75) is 6.42 Å². The summed E-state index contributed by atoms with van der Waals surface area (Å²) in [4.78, 5) is 26.4. The largest absolute Gasteiger partial charge is 0.379 e. The molecule has 1 aliphatic heterocycles. The molecule has 8 heteroatoms. The van der Waals surface area contributed by atoms with Gasteiger partial charge in [0.1, 0.15) is 0 Å². The van der Waals surface area contributed by atoms with Crippen LogP contribution in [-0.2, 0) is 9.53 Å². The second kappa shape index (κ2) is 9.24. The Morgan fingerprint density at radius 1 is 1.27 bits per heavy atom. The maximum Gasteiger partial charge on any atom is 0.261 e. The summed E-state index contributed by atoms with van der Waals surface area (Å²) < 4.78 is 6.18. The predicted molar refractivity (Wildman–Crippen MR) is 89.2 cm³/mol. The summed E-state index contributed by atoms with van der Waals surface area (Å²) >= 11 is 4.64. The van der Waals surface area contributed by atoms with Gasteiger partial charge in [-0.1, -0.05) is 0 Å². The normalized spacial score (nSPS) is 15.5. The Kier molecular flexibility index (Phi) is 7.31. The molecule has 1 aromatic heterocycles. The molecule has 0 atom stereocenters. The maximum absolute atomic E-state index is 11.8. The number of carbonyl (C=O) groups is 2. The van der Waals surface area contributed by atoms with Gasteiger partial charge in [-0.25, -0.2) is 0 Å². The molecule has 122 valence electrons. The van der Waals surface area contributed by atoms with E-state index in [9.17, 15) is 9.59 Å². The summed E-state index contributed by atoms with van der Waals surface area (Å²) in [5, 5.41) is 5.43. The molecule has 0 aromatic carbocycles. The second-order valence-corrected chi connectivity index (χ2v) is 7.41. The zero-order chi connectivity index (χ0) is 15.8. The van der Waals surface area contributed by atoms with Gasteiger partial charge in [-0.05, 0) is 41.0 Å². The number of hydrogen-bond acceptors (Lipinski definition) is 5. The number of thiophene rings is 1. The highest BCUT2D eigenvalue weighted by atomic mass is 79.9. The fourth-order valence-corrected chi connectivity index (χ4v) is 3.40. The van der Waals surface area contributed by atoms with Gasteiger partial charge in [0.15, 0.2) is 0 Å². The fourth-order valence-electron chi connectivity index (χ4n) is 2.10. The van der Waals surface area contributed by atoms with Crippen molar-refractivity contribution in [3.8, 4) is 0 Å². The van der Waals surface area contributed by atoms with E-state index in [1.54, 1.807) is 6.07 Å². The van der Waals surface area contributed by atoms with Gasteiger partial charge in [-0.3, -0.25) is 14.5 Å². The van der Waals surface area contributed by atoms with E-state index in [4.69, 9.17) is 4.74 Å². The molecule has 1 saturated heterocycles. The van der Waals surface area contributed by atoms with Gasteiger partial charge in [0, 0.05) is 19.6 Å². The summed E-state index contributed by atoms with van der Waals surface area (Å²) in [7, 11) is 0. The van der Waals surface area contributed by atoms with E-state index in [1.807, 2.05) is 6.07 Å². The van der Waals surface area contributed by atoms with Crippen molar-refractivity contribution >= 4 is 39.1 Å². The van der Waals surface area contributed by atoms with Crippen molar-refractivity contribution in [1.82, 2.24) is 15.5 Å². The Hall–Kier alpha value is -0.960. The summed E-state index contributed by atoms with van der Waals surface area (Å²) in [5.74, 6) is -0.384. The van der Waals surface area contributed by atoms with Gasteiger partial charge >= 0.3 is 0 Å². The van der Waals surface area contributed by atoms with Gasteiger partial charge in [0.05, 0.1) is 28.4 Å². The highest BCUT2D eigenvalue weighted by Gasteiger charge is 2.11. The molecule has 6 nitrogen and oxygen atoms in total. The Labute approximate surface area is 142 Å². The molecule has 1 fully saturated rings. The van der Waals surface area contributed by atoms with Crippen LogP contribution in [0.4, 0.5) is 0 Å². The first-order chi connectivity index (χ1) is 10.6. The van der Waals surface area contributed by atoms with E-state index in [-0.39, 0.29) is 18.4 Å². The summed E-state index contributed by atoms with van der Waals surface area (Å²) in [6.07, 6.45) is 0.900. The average Bonchev–Trinajstić information content (AvgIpc) is 2.97. The smallest absolute Gasteiger partial charge is 0.261 e. The van der Waals surface area contributed by atoms with Crippen LogP contribution in [0.1, 0.15) is 16.1 Å². The molecule has 1 aromatic rings. The topological polar surface area (TPSA) is 70.7 Å². The first kappa shape index (κ1) is 17.4. The molecule has 2 heterocycles. The zero-order valence-corrected chi connectivity index (χ0v) is 14.7. The lowest BCUT2D eigenvalue weighted by Gasteiger charge is -2.26. The minimum atomic E-state index is -0.223. The summed E-state index contributed by atoms with van der Waals surface area (Å²) in [6, 6.07) is 3.54. The van der Waals surface area contributed by atoms with E-state index in [1.165, 1.54) is 11.3 Å². The van der Waals surface area contributed by atoms with Gasteiger partial charge in [0.2, 0.25) is 5.91 Å². The zero-order valence-electron chi connectivity index (χ0n) is 12.3. The first-order valence-electron chi connectivity index (χ1n) is 7.25. The van der Waals surface area contributed by atoms with E-state index in [0.717, 1.165) is 43.1 Å². The lowest BCUT2D eigenvalue weighted by atomic mass is 10.3. The molecule has 0 spiro atoms. The van der Waals surface area contributed by atoms with Crippen LogP contribution in [0.5, 0.6) is 0 Å². The molecule has 2 rings (SSSR count). The monoisotopic (exact) mass is 389 g/mol. The third-order valence-corrected chi connectivity index (χ3v) is 4.91. The highest BCUT2D eigenvalue weighted by molar-refractivity contribution is 9.11. The number of amides is 2. The summed E-state index contributed by atoms with van der Waals surface area (Å²) in [5.41, 5.74) is 0. The Morgan fingerprint density at radius 2 is 2.05 bits per heavy atom. The van der Waals surface area contributed by atoms with Gasteiger partial charge < -0.3 is 15.4 Å². The molecule has 2 amide bonds. The first-order valence-corrected chi connectivity index (χ1v) is 8.86. The number of carbonyl (C=O) groups excluding carboxylic acids is 2. The maximum atomic E-state index is 11.8. The van der Waals surface area contributed by atoms with Crippen LogP contribution in [-0.4, -0.2) is 62.7 Å². The number of halogens is 1. The molecular weight excluding hydrogens is 370 g/mol. The number of nitrogens with one attached hydrogen (secondary N) is 2. The molecule has 0 radical (unpaired) electrons. The molecular formula is C14H20BrN3O3S. The van der Waals surface area contributed by atoms with Crippen LogP contribution in [0.15, 0.2) is 15.9 Å².